The molecule has 1 aromatic carbocycles. The summed E-state index contributed by atoms with van der Waals surface area (Å²) in [6.07, 6.45) is 0.852. The van der Waals surface area contributed by atoms with Gasteiger partial charge in [-0.2, -0.15) is 0 Å². The van der Waals surface area contributed by atoms with Crippen molar-refractivity contribution in [2.75, 3.05) is 11.9 Å². The summed E-state index contributed by atoms with van der Waals surface area (Å²) in [5.41, 5.74) is 0.555. The number of nitro benzene ring substituents is 1. The van der Waals surface area contributed by atoms with E-state index in [0.717, 1.165) is 6.42 Å². The number of nitrogens with one attached hydrogen (secondary N) is 1. The van der Waals surface area contributed by atoms with Crippen molar-refractivity contribution in [3.05, 3.63) is 50.7 Å². The molecule has 5 nitrogen and oxygen atoms in total. The van der Waals surface area contributed by atoms with Gasteiger partial charge in [-0.25, -0.2) is 0 Å². The van der Waals surface area contributed by atoms with Crippen LogP contribution in [0, 0.1) is 10.1 Å². The van der Waals surface area contributed by atoms with E-state index in [9.17, 15) is 10.1 Å². The van der Waals surface area contributed by atoms with E-state index in [1.165, 1.54) is 10.9 Å². The first-order chi connectivity index (χ1) is 10.2. The number of hydrogen-bond donors (Lipinski definition) is 1. The van der Waals surface area contributed by atoms with Crippen LogP contribution in [-0.4, -0.2) is 11.5 Å². The number of thiophene rings is 1. The van der Waals surface area contributed by atoms with Gasteiger partial charge in [-0.3, -0.25) is 10.1 Å². The molecular formula is C15H18N2O3S. The van der Waals surface area contributed by atoms with E-state index in [2.05, 4.69) is 12.2 Å². The largest absolute Gasteiger partial charge is 0.494 e. The van der Waals surface area contributed by atoms with Crippen LogP contribution in [0.25, 0.3) is 0 Å². The van der Waals surface area contributed by atoms with Gasteiger partial charge in [-0.05, 0) is 36.9 Å². The Labute approximate surface area is 127 Å². The molecule has 0 aliphatic rings. The quantitative estimate of drug-likeness (QED) is 0.599. The zero-order valence-corrected chi connectivity index (χ0v) is 12.9. The van der Waals surface area contributed by atoms with Crippen molar-refractivity contribution in [1.29, 1.82) is 0 Å². The first-order valence-corrected chi connectivity index (χ1v) is 7.74. The SMILES string of the molecule is CCOc1ccc(NC(CC)c2cccs2)c([N+](=O)[O-])c1. The minimum atomic E-state index is -0.383. The monoisotopic (exact) mass is 306 g/mol. The molecule has 0 radical (unpaired) electrons. The lowest BCUT2D eigenvalue weighted by molar-refractivity contribution is -0.384. The van der Waals surface area contributed by atoms with Gasteiger partial charge in [0.1, 0.15) is 11.4 Å². The van der Waals surface area contributed by atoms with Gasteiger partial charge in [0.05, 0.1) is 23.6 Å². The summed E-state index contributed by atoms with van der Waals surface area (Å²) in [6, 6.07) is 9.01. The average molecular weight is 306 g/mol. The molecule has 0 aliphatic heterocycles. The minimum Gasteiger partial charge on any atom is -0.494 e. The van der Waals surface area contributed by atoms with Crippen molar-refractivity contribution in [2.24, 2.45) is 0 Å². The fourth-order valence-electron chi connectivity index (χ4n) is 2.09. The summed E-state index contributed by atoms with van der Waals surface area (Å²) in [6.45, 7) is 4.39. The highest BCUT2D eigenvalue weighted by Crippen LogP contribution is 2.33. The smallest absolute Gasteiger partial charge is 0.296 e. The van der Waals surface area contributed by atoms with Crippen LogP contribution in [0.15, 0.2) is 35.7 Å². The topological polar surface area (TPSA) is 64.4 Å². The summed E-state index contributed by atoms with van der Waals surface area (Å²) >= 11 is 1.64. The second-order valence-electron chi connectivity index (χ2n) is 4.49. The Morgan fingerprint density at radius 2 is 2.19 bits per heavy atom. The summed E-state index contributed by atoms with van der Waals surface area (Å²) in [5, 5.41) is 16.5. The molecule has 2 aromatic rings. The molecule has 1 atom stereocenters. The number of benzene rings is 1. The number of anilines is 1. The lowest BCUT2D eigenvalue weighted by Gasteiger charge is -2.17. The van der Waals surface area contributed by atoms with Crippen LogP contribution < -0.4 is 10.1 Å². The standard InChI is InChI=1S/C15H18N2O3S/c1-3-12(15-6-5-9-21-15)16-13-8-7-11(20-4-2)10-14(13)17(18)19/h5-10,12,16H,3-4H2,1-2H3. The maximum Gasteiger partial charge on any atom is 0.296 e. The van der Waals surface area contributed by atoms with Crippen LogP contribution in [0.5, 0.6) is 5.75 Å². The molecule has 1 aromatic heterocycles. The molecule has 2 rings (SSSR count). The highest BCUT2D eigenvalue weighted by molar-refractivity contribution is 7.10. The van der Waals surface area contributed by atoms with E-state index in [1.54, 1.807) is 23.5 Å². The van der Waals surface area contributed by atoms with Crippen LogP contribution in [0.4, 0.5) is 11.4 Å². The van der Waals surface area contributed by atoms with Gasteiger partial charge in [0.2, 0.25) is 0 Å². The van der Waals surface area contributed by atoms with Gasteiger partial charge in [-0.15, -0.1) is 11.3 Å². The second kappa shape index (κ2) is 7.08. The molecule has 112 valence electrons. The Morgan fingerprint density at radius 3 is 2.76 bits per heavy atom. The molecule has 0 amide bonds. The number of nitrogens with zero attached hydrogens (tertiary/aromatic N) is 1. The van der Waals surface area contributed by atoms with E-state index in [1.807, 2.05) is 24.4 Å². The Hall–Kier alpha value is -2.08. The first-order valence-electron chi connectivity index (χ1n) is 6.86. The van der Waals surface area contributed by atoms with Crippen molar-refractivity contribution in [3.63, 3.8) is 0 Å². The van der Waals surface area contributed by atoms with Gasteiger partial charge in [0, 0.05) is 4.88 Å². The highest BCUT2D eigenvalue weighted by Gasteiger charge is 2.19. The zero-order valence-electron chi connectivity index (χ0n) is 12.0. The number of rotatable bonds is 7. The molecule has 6 heteroatoms. The number of ether oxygens (including phenoxy) is 1. The number of nitro groups is 1. The predicted octanol–water partition coefficient (Wildman–Crippen LogP) is 4.62. The number of hydrogen-bond acceptors (Lipinski definition) is 5. The predicted molar refractivity (Wildman–Crippen MR) is 85.2 cm³/mol. The molecule has 0 spiro atoms. The van der Waals surface area contributed by atoms with Crippen LogP contribution in [0.2, 0.25) is 0 Å². The van der Waals surface area contributed by atoms with Gasteiger partial charge >= 0.3 is 0 Å². The summed E-state index contributed by atoms with van der Waals surface area (Å²) in [7, 11) is 0. The maximum atomic E-state index is 11.2. The fraction of sp³-hybridized carbons (Fsp3) is 0.333. The van der Waals surface area contributed by atoms with Crippen molar-refractivity contribution >= 4 is 22.7 Å². The first kappa shape index (κ1) is 15.3. The normalized spacial score (nSPS) is 11.9. The Kier molecular flexibility index (Phi) is 5.16. The minimum absolute atomic E-state index is 0.0379. The third-order valence-corrected chi connectivity index (χ3v) is 4.09. The summed E-state index contributed by atoms with van der Waals surface area (Å²) < 4.78 is 5.33. The molecule has 0 bridgehead atoms. The average Bonchev–Trinajstić information content (AvgIpc) is 3.00. The molecule has 1 heterocycles. The van der Waals surface area contributed by atoms with E-state index >= 15 is 0 Å². The Balaban J connectivity index is 2.28. The third-order valence-electron chi connectivity index (χ3n) is 3.10. The molecule has 0 fully saturated rings. The molecule has 0 saturated heterocycles. The molecule has 0 aliphatic carbocycles. The lowest BCUT2D eigenvalue weighted by atomic mass is 10.1. The summed E-state index contributed by atoms with van der Waals surface area (Å²) in [5.74, 6) is 0.513. The van der Waals surface area contributed by atoms with Crippen molar-refractivity contribution in [3.8, 4) is 5.75 Å². The van der Waals surface area contributed by atoms with Crippen molar-refractivity contribution < 1.29 is 9.66 Å². The van der Waals surface area contributed by atoms with Crippen molar-refractivity contribution in [1.82, 2.24) is 0 Å². The third kappa shape index (κ3) is 3.72. The van der Waals surface area contributed by atoms with Crippen LogP contribution >= 0.6 is 11.3 Å². The zero-order chi connectivity index (χ0) is 15.2. The second-order valence-corrected chi connectivity index (χ2v) is 5.47. The lowest BCUT2D eigenvalue weighted by Crippen LogP contribution is -2.09. The molecular weight excluding hydrogens is 288 g/mol. The molecule has 0 saturated carbocycles. The van der Waals surface area contributed by atoms with Crippen LogP contribution in [0.3, 0.4) is 0 Å². The van der Waals surface area contributed by atoms with Gasteiger partial charge in [0.15, 0.2) is 0 Å². The van der Waals surface area contributed by atoms with Crippen LogP contribution in [0.1, 0.15) is 31.2 Å². The fourth-order valence-corrected chi connectivity index (χ4v) is 2.95. The van der Waals surface area contributed by atoms with E-state index < -0.39 is 0 Å². The molecule has 1 unspecified atom stereocenters. The van der Waals surface area contributed by atoms with Gasteiger partial charge in [0.25, 0.3) is 5.69 Å². The highest BCUT2D eigenvalue weighted by atomic mass is 32.1. The van der Waals surface area contributed by atoms with Crippen molar-refractivity contribution in [2.45, 2.75) is 26.3 Å². The van der Waals surface area contributed by atoms with Gasteiger partial charge in [-0.1, -0.05) is 13.0 Å². The van der Waals surface area contributed by atoms with E-state index in [-0.39, 0.29) is 16.7 Å². The van der Waals surface area contributed by atoms with Crippen LogP contribution in [-0.2, 0) is 0 Å². The maximum absolute atomic E-state index is 11.2. The Morgan fingerprint density at radius 1 is 1.38 bits per heavy atom. The van der Waals surface area contributed by atoms with E-state index in [4.69, 9.17) is 4.74 Å². The van der Waals surface area contributed by atoms with Gasteiger partial charge < -0.3 is 10.1 Å². The van der Waals surface area contributed by atoms with E-state index in [0.29, 0.717) is 18.0 Å². The molecule has 21 heavy (non-hydrogen) atoms. The summed E-state index contributed by atoms with van der Waals surface area (Å²) in [4.78, 5) is 12.0. The molecule has 1 N–H and O–H groups in total. The Bertz CT molecular complexity index is 599.